The highest BCUT2D eigenvalue weighted by Gasteiger charge is 2.10. The molecule has 4 rings (SSSR count). The number of rotatable bonds is 3. The lowest BCUT2D eigenvalue weighted by Crippen LogP contribution is -2.09. The maximum absolute atomic E-state index is 12.5. The molecule has 116 valence electrons. The van der Waals surface area contributed by atoms with Crippen LogP contribution >= 0.6 is 11.3 Å². The van der Waals surface area contributed by atoms with Gasteiger partial charge in [-0.1, -0.05) is 60.7 Å². The van der Waals surface area contributed by atoms with Crippen LogP contribution in [0.15, 0.2) is 84.9 Å². The summed E-state index contributed by atoms with van der Waals surface area (Å²) in [5.41, 5.74) is 3.03. The summed E-state index contributed by atoms with van der Waals surface area (Å²) in [7, 11) is 0. The van der Waals surface area contributed by atoms with Crippen LogP contribution in [0.25, 0.3) is 21.2 Å². The Morgan fingerprint density at radius 3 is 2.33 bits per heavy atom. The third-order valence-corrected chi connectivity index (χ3v) is 4.99. The topological polar surface area (TPSA) is 29.1 Å². The van der Waals surface area contributed by atoms with Crippen molar-refractivity contribution in [2.45, 2.75) is 0 Å². The minimum absolute atomic E-state index is 0.0681. The highest BCUT2D eigenvalue weighted by atomic mass is 32.1. The van der Waals surface area contributed by atoms with Crippen molar-refractivity contribution in [1.29, 1.82) is 0 Å². The van der Waals surface area contributed by atoms with Crippen LogP contribution in [0.5, 0.6) is 0 Å². The number of hydrogen-bond acceptors (Lipinski definition) is 2. The van der Waals surface area contributed by atoms with Crippen molar-refractivity contribution in [3.8, 4) is 11.1 Å². The number of carbonyl (C=O) groups excluding carboxylic acids is 1. The predicted octanol–water partition coefficient (Wildman–Crippen LogP) is 5.82. The number of anilines is 1. The third kappa shape index (κ3) is 2.94. The van der Waals surface area contributed by atoms with Gasteiger partial charge in [-0.2, -0.15) is 0 Å². The molecule has 0 aliphatic rings. The number of nitrogens with one attached hydrogen (secondary N) is 1. The number of amides is 1. The van der Waals surface area contributed by atoms with Crippen LogP contribution in [0.3, 0.4) is 0 Å². The zero-order valence-corrected chi connectivity index (χ0v) is 13.7. The van der Waals surface area contributed by atoms with Crippen molar-refractivity contribution in [2.75, 3.05) is 5.32 Å². The van der Waals surface area contributed by atoms with Crippen LogP contribution in [-0.4, -0.2) is 5.91 Å². The molecule has 0 aliphatic carbocycles. The van der Waals surface area contributed by atoms with E-state index in [-0.39, 0.29) is 5.91 Å². The second-order valence-corrected chi connectivity index (χ2v) is 6.63. The molecule has 0 unspecified atom stereocenters. The van der Waals surface area contributed by atoms with Crippen molar-refractivity contribution < 1.29 is 4.79 Å². The highest BCUT2D eigenvalue weighted by Crippen LogP contribution is 2.27. The van der Waals surface area contributed by atoms with Crippen LogP contribution in [-0.2, 0) is 0 Å². The molecule has 0 atom stereocenters. The molecule has 3 heteroatoms. The second-order valence-electron chi connectivity index (χ2n) is 5.55. The molecule has 1 amide bonds. The van der Waals surface area contributed by atoms with E-state index in [4.69, 9.17) is 0 Å². The molecule has 2 nitrogen and oxygen atoms in total. The van der Waals surface area contributed by atoms with E-state index >= 15 is 0 Å². The van der Waals surface area contributed by atoms with Gasteiger partial charge in [0.1, 0.15) is 0 Å². The van der Waals surface area contributed by atoms with Gasteiger partial charge in [0.05, 0.1) is 4.88 Å². The quantitative estimate of drug-likeness (QED) is 0.504. The summed E-state index contributed by atoms with van der Waals surface area (Å²) in [5.74, 6) is -0.0681. The molecule has 24 heavy (non-hydrogen) atoms. The summed E-state index contributed by atoms with van der Waals surface area (Å²) in [4.78, 5) is 13.3. The van der Waals surface area contributed by atoms with Crippen molar-refractivity contribution in [2.24, 2.45) is 0 Å². The van der Waals surface area contributed by atoms with Gasteiger partial charge in [-0.05, 0) is 40.8 Å². The largest absolute Gasteiger partial charge is 0.321 e. The minimum atomic E-state index is -0.0681. The maximum atomic E-state index is 12.5. The first-order chi connectivity index (χ1) is 11.8. The monoisotopic (exact) mass is 329 g/mol. The molecule has 1 N–H and O–H groups in total. The molecule has 1 heterocycles. The average molecular weight is 329 g/mol. The van der Waals surface area contributed by atoms with Gasteiger partial charge in [0.25, 0.3) is 5.91 Å². The number of thiophene rings is 1. The molecule has 3 aromatic carbocycles. The van der Waals surface area contributed by atoms with Crippen LogP contribution in [0.4, 0.5) is 5.69 Å². The molecular formula is C21H15NOS. The molecule has 0 saturated heterocycles. The van der Waals surface area contributed by atoms with Gasteiger partial charge in [0.2, 0.25) is 0 Å². The van der Waals surface area contributed by atoms with Crippen molar-refractivity contribution in [1.82, 2.24) is 0 Å². The number of hydrogen-bond donors (Lipinski definition) is 1. The van der Waals surface area contributed by atoms with Crippen molar-refractivity contribution in [3.05, 3.63) is 89.8 Å². The molecule has 0 radical (unpaired) electrons. The van der Waals surface area contributed by atoms with Gasteiger partial charge >= 0.3 is 0 Å². The Kier molecular flexibility index (Phi) is 3.85. The van der Waals surface area contributed by atoms with E-state index in [0.717, 1.165) is 31.8 Å². The SMILES string of the molecule is O=C(Nc1cccc(-c2ccccc2)c1)c1cc2ccccc2s1. The first kappa shape index (κ1) is 14.7. The predicted molar refractivity (Wildman–Crippen MR) is 102 cm³/mol. The van der Waals surface area contributed by atoms with Gasteiger partial charge in [-0.15, -0.1) is 11.3 Å². The van der Waals surface area contributed by atoms with Crippen LogP contribution < -0.4 is 5.32 Å². The van der Waals surface area contributed by atoms with E-state index in [1.165, 1.54) is 11.3 Å². The Bertz CT molecular complexity index is 971. The Hall–Kier alpha value is -2.91. The molecular weight excluding hydrogens is 314 g/mol. The molecule has 0 spiro atoms. The number of benzene rings is 3. The minimum Gasteiger partial charge on any atom is -0.321 e. The van der Waals surface area contributed by atoms with Gasteiger partial charge in [0, 0.05) is 10.4 Å². The lowest BCUT2D eigenvalue weighted by atomic mass is 10.1. The smallest absolute Gasteiger partial charge is 0.265 e. The zero-order valence-electron chi connectivity index (χ0n) is 12.9. The van der Waals surface area contributed by atoms with E-state index < -0.39 is 0 Å². The van der Waals surface area contributed by atoms with Crippen LogP contribution in [0.1, 0.15) is 9.67 Å². The summed E-state index contributed by atoms with van der Waals surface area (Å²) in [6.45, 7) is 0. The van der Waals surface area contributed by atoms with Crippen molar-refractivity contribution in [3.63, 3.8) is 0 Å². The van der Waals surface area contributed by atoms with E-state index in [1.807, 2.05) is 72.8 Å². The fourth-order valence-electron chi connectivity index (χ4n) is 2.69. The zero-order chi connectivity index (χ0) is 16.4. The molecule has 1 aromatic heterocycles. The summed E-state index contributed by atoms with van der Waals surface area (Å²) in [5, 5.41) is 4.10. The van der Waals surface area contributed by atoms with Crippen molar-refractivity contribution >= 4 is 33.0 Å². The average Bonchev–Trinajstić information content (AvgIpc) is 3.07. The summed E-state index contributed by atoms with van der Waals surface area (Å²) < 4.78 is 1.13. The molecule has 0 bridgehead atoms. The third-order valence-electron chi connectivity index (χ3n) is 3.88. The van der Waals surface area contributed by atoms with Crippen LogP contribution in [0, 0.1) is 0 Å². The Labute approximate surface area is 144 Å². The lowest BCUT2D eigenvalue weighted by molar-refractivity contribution is 0.103. The maximum Gasteiger partial charge on any atom is 0.265 e. The molecule has 0 aliphatic heterocycles. The van der Waals surface area contributed by atoms with Gasteiger partial charge in [-0.3, -0.25) is 4.79 Å². The second kappa shape index (κ2) is 6.30. The first-order valence-corrected chi connectivity index (χ1v) is 8.57. The Balaban J connectivity index is 1.60. The standard InChI is InChI=1S/C21H15NOS/c23-21(20-14-17-9-4-5-12-19(17)24-20)22-18-11-6-10-16(13-18)15-7-2-1-3-8-15/h1-14H,(H,22,23). The van der Waals surface area contributed by atoms with E-state index in [2.05, 4.69) is 17.4 Å². The lowest BCUT2D eigenvalue weighted by Gasteiger charge is -2.07. The van der Waals surface area contributed by atoms with Gasteiger partial charge < -0.3 is 5.32 Å². The number of carbonyl (C=O) groups is 1. The normalized spacial score (nSPS) is 10.7. The summed E-state index contributed by atoms with van der Waals surface area (Å²) in [6.07, 6.45) is 0. The molecule has 0 fully saturated rings. The van der Waals surface area contributed by atoms with Gasteiger partial charge in [-0.25, -0.2) is 0 Å². The summed E-state index contributed by atoms with van der Waals surface area (Å²) >= 11 is 1.51. The highest BCUT2D eigenvalue weighted by molar-refractivity contribution is 7.20. The van der Waals surface area contributed by atoms with Crippen LogP contribution in [0.2, 0.25) is 0 Å². The van der Waals surface area contributed by atoms with E-state index in [0.29, 0.717) is 0 Å². The van der Waals surface area contributed by atoms with Gasteiger partial charge in [0.15, 0.2) is 0 Å². The van der Waals surface area contributed by atoms with E-state index in [9.17, 15) is 4.79 Å². The Morgan fingerprint density at radius 1 is 0.750 bits per heavy atom. The fraction of sp³-hybridized carbons (Fsp3) is 0. The van der Waals surface area contributed by atoms with E-state index in [1.54, 1.807) is 0 Å². The summed E-state index contributed by atoms with van der Waals surface area (Å²) in [6, 6.07) is 28.0. The first-order valence-electron chi connectivity index (χ1n) is 7.75. The number of fused-ring (bicyclic) bond motifs is 1. The molecule has 0 saturated carbocycles. The fourth-order valence-corrected chi connectivity index (χ4v) is 3.65. The molecule has 4 aromatic rings. The Morgan fingerprint density at radius 2 is 1.50 bits per heavy atom.